The van der Waals surface area contributed by atoms with Crippen molar-refractivity contribution in [2.45, 2.75) is 110 Å². The number of hydrogen-bond acceptors (Lipinski definition) is 12. The molecule has 8 heterocycles. The van der Waals surface area contributed by atoms with Crippen molar-refractivity contribution in [3.63, 3.8) is 0 Å². The summed E-state index contributed by atoms with van der Waals surface area (Å²) >= 11 is 1.55. The number of amides is 2. The van der Waals surface area contributed by atoms with E-state index in [4.69, 9.17) is 24.2 Å². The molecule has 352 valence electrons. The lowest BCUT2D eigenvalue weighted by Crippen LogP contribution is -2.70. The van der Waals surface area contributed by atoms with Crippen molar-refractivity contribution >= 4 is 40.0 Å². The van der Waals surface area contributed by atoms with Crippen molar-refractivity contribution < 1.29 is 28.6 Å². The number of carbonyl (C=O) groups excluding carboxylic acids is 3. The number of rotatable bonds is 9. The topological polar surface area (TPSA) is 143 Å². The van der Waals surface area contributed by atoms with E-state index in [0.717, 1.165) is 70.3 Å². The Hall–Kier alpha value is -4.25. The minimum Gasteiger partial charge on any atom is -0.464 e. The molecule has 0 radical (unpaired) electrons. The zero-order valence-corrected chi connectivity index (χ0v) is 40.4. The zero-order chi connectivity index (χ0) is 45.8. The minimum absolute atomic E-state index is 0.0427. The Bertz CT molecular complexity index is 2530. The third-order valence-electron chi connectivity index (χ3n) is 16.0. The molecule has 6 bridgehead atoms. The van der Waals surface area contributed by atoms with Gasteiger partial charge in [-0.15, -0.1) is 11.3 Å². The second-order valence-electron chi connectivity index (χ2n) is 22.0. The molecule has 4 saturated heterocycles. The average Bonchev–Trinajstić information content (AvgIpc) is 4.14. The maximum atomic E-state index is 15.2. The van der Waals surface area contributed by atoms with Crippen LogP contribution in [-0.4, -0.2) is 125 Å². The zero-order valence-electron chi connectivity index (χ0n) is 39.5. The van der Waals surface area contributed by atoms with Crippen LogP contribution in [0.25, 0.3) is 33.4 Å². The first-order chi connectivity index (χ1) is 31.7. The molecule has 2 aliphatic carbocycles. The van der Waals surface area contributed by atoms with Gasteiger partial charge in [-0.3, -0.25) is 34.2 Å². The van der Waals surface area contributed by atoms with E-state index in [2.05, 4.69) is 96.3 Å². The first-order valence-corrected chi connectivity index (χ1v) is 25.3. The van der Waals surface area contributed by atoms with Gasteiger partial charge in [0.25, 0.3) is 5.91 Å². The third kappa shape index (κ3) is 7.79. The number of hydrazine groups is 1. The highest BCUT2D eigenvalue weighted by Gasteiger charge is 2.57. The highest BCUT2D eigenvalue weighted by atomic mass is 32.1. The molecule has 1 spiro atoms. The number of aromatic nitrogens is 3. The summed E-state index contributed by atoms with van der Waals surface area (Å²) in [5.74, 6) is -0.0828. The second-order valence-corrected chi connectivity index (χ2v) is 22.8. The fourth-order valence-electron chi connectivity index (χ4n) is 12.1. The maximum Gasteiger partial charge on any atom is 0.324 e. The van der Waals surface area contributed by atoms with Crippen LogP contribution in [0.5, 0.6) is 0 Å². The van der Waals surface area contributed by atoms with Crippen molar-refractivity contribution in [2.75, 3.05) is 59.7 Å². The van der Waals surface area contributed by atoms with E-state index in [0.29, 0.717) is 51.0 Å². The van der Waals surface area contributed by atoms with Gasteiger partial charge in [0.05, 0.1) is 55.1 Å². The Morgan fingerprint density at radius 1 is 1.03 bits per heavy atom. The van der Waals surface area contributed by atoms with Gasteiger partial charge in [-0.25, -0.2) is 10.4 Å². The highest BCUT2D eigenvalue weighted by Crippen LogP contribution is 2.52. The van der Waals surface area contributed by atoms with Gasteiger partial charge < -0.3 is 24.1 Å². The van der Waals surface area contributed by atoms with Crippen LogP contribution >= 0.6 is 11.3 Å². The molecule has 7 atom stereocenters. The molecule has 15 heteroatoms. The number of thiazole rings is 1. The van der Waals surface area contributed by atoms with Crippen molar-refractivity contribution in [3.8, 4) is 22.5 Å². The molecule has 5 aliphatic heterocycles. The highest BCUT2D eigenvalue weighted by molar-refractivity contribution is 7.10. The van der Waals surface area contributed by atoms with Gasteiger partial charge in [0, 0.05) is 96.2 Å². The number of benzene rings is 1. The summed E-state index contributed by atoms with van der Waals surface area (Å²) in [5, 5.41) is 8.93. The van der Waals surface area contributed by atoms with Crippen LogP contribution in [0, 0.1) is 34.5 Å². The molecule has 0 unspecified atom stereocenters. The Morgan fingerprint density at radius 3 is 2.52 bits per heavy atom. The standard InChI is InChI=1S/C51H66N8O6S/c1-28(2)40-29(3)41(40)46(60)54-43-45(57-23-51(24-57)26-64-27-51)47-53-38(22-66-47)31-12-15-39-35(18-31)36(19-50(5,6)25-65-49(62)37-11-9-17-58(55-37)48(43)61)44(34-10-8-16-52-42(34)30(4)63-7)59(39)33-20-56(21-33)32-13-14-32/h8,10,12,15-16,18,22,28-30,32-33,37,40-41,43,45,55H,9,11,13-14,17,19-21,23-27H2,1-7H3,(H,54,60)/t29-,30+,37+,40+,41+,43+,45+/m1/s1. The van der Waals surface area contributed by atoms with E-state index < -0.39 is 23.5 Å². The number of pyridine rings is 1. The van der Waals surface area contributed by atoms with Gasteiger partial charge in [-0.05, 0) is 86.6 Å². The summed E-state index contributed by atoms with van der Waals surface area (Å²) in [6.45, 7) is 18.3. The Kier molecular flexibility index (Phi) is 11.2. The lowest BCUT2D eigenvalue weighted by atomic mass is 9.76. The predicted octanol–water partition coefficient (Wildman–Crippen LogP) is 6.57. The Morgan fingerprint density at radius 2 is 1.82 bits per heavy atom. The van der Waals surface area contributed by atoms with E-state index in [-0.39, 0.29) is 59.7 Å². The number of ether oxygens (including phenoxy) is 3. The molecule has 11 rings (SSSR count). The van der Waals surface area contributed by atoms with Crippen LogP contribution in [0.4, 0.5) is 0 Å². The Labute approximate surface area is 392 Å². The first-order valence-electron chi connectivity index (χ1n) is 24.4. The van der Waals surface area contributed by atoms with E-state index >= 15 is 4.79 Å². The normalized spacial score (nSPS) is 29.5. The van der Waals surface area contributed by atoms with Gasteiger partial charge >= 0.3 is 5.97 Å². The SMILES string of the molecule is CO[C@@H](C)c1ncccc1-c1c2c3cc(ccc3n1C1CN(C3CC3)C1)-c1csc(n1)[C@@H](N1CC3(COC3)C1)[C@H](NC(=O)[C@H]1[C@H](C)[C@@H]1C(C)C)C(=O)N1CCC[C@H](N1)C(=O)OCC(C)(C)C2. The number of hydrogen-bond donors (Lipinski definition) is 2. The van der Waals surface area contributed by atoms with Gasteiger partial charge in [0.2, 0.25) is 5.91 Å². The number of cyclic esters (lactones) is 1. The van der Waals surface area contributed by atoms with Crippen molar-refractivity contribution in [2.24, 2.45) is 34.5 Å². The number of likely N-dealkylation sites (tertiary alicyclic amines) is 2. The smallest absolute Gasteiger partial charge is 0.324 e. The molecule has 14 nitrogen and oxygen atoms in total. The largest absolute Gasteiger partial charge is 0.464 e. The number of methoxy groups -OCH3 is 1. The molecule has 2 amide bonds. The number of carbonyl (C=O) groups is 3. The number of fused-ring (bicyclic) bond motifs is 6. The molecule has 1 aromatic carbocycles. The minimum atomic E-state index is -0.943. The third-order valence-corrected chi connectivity index (χ3v) is 16.9. The molecule has 2 N–H and O–H groups in total. The molecule has 7 aliphatic rings. The monoisotopic (exact) mass is 918 g/mol. The van der Waals surface area contributed by atoms with Gasteiger partial charge in [-0.2, -0.15) is 0 Å². The van der Waals surface area contributed by atoms with Crippen LogP contribution in [-0.2, 0) is 35.0 Å². The number of nitrogens with zero attached hydrogens (tertiary/aromatic N) is 6. The summed E-state index contributed by atoms with van der Waals surface area (Å²) in [4.78, 5) is 59.1. The molecule has 2 saturated carbocycles. The summed E-state index contributed by atoms with van der Waals surface area (Å²) in [6, 6.07) is 9.72. The van der Waals surface area contributed by atoms with E-state index in [1.165, 1.54) is 18.4 Å². The lowest BCUT2D eigenvalue weighted by molar-refractivity contribution is -0.202. The van der Waals surface area contributed by atoms with Gasteiger partial charge in [0.15, 0.2) is 0 Å². The summed E-state index contributed by atoms with van der Waals surface area (Å²) in [7, 11) is 1.73. The van der Waals surface area contributed by atoms with Crippen LogP contribution in [0.15, 0.2) is 41.9 Å². The van der Waals surface area contributed by atoms with Crippen LogP contribution < -0.4 is 10.7 Å². The molecule has 6 fully saturated rings. The van der Waals surface area contributed by atoms with Crippen molar-refractivity contribution in [1.82, 2.24) is 40.1 Å². The molecule has 66 heavy (non-hydrogen) atoms. The average molecular weight is 919 g/mol. The quantitative estimate of drug-likeness (QED) is 0.176. The summed E-state index contributed by atoms with van der Waals surface area (Å²) in [5.41, 5.74) is 10.1. The van der Waals surface area contributed by atoms with Gasteiger partial charge in [0.1, 0.15) is 17.1 Å². The predicted molar refractivity (Wildman–Crippen MR) is 252 cm³/mol. The lowest BCUT2D eigenvalue weighted by Gasteiger charge is -2.58. The van der Waals surface area contributed by atoms with Gasteiger partial charge in [-0.1, -0.05) is 40.7 Å². The Balaban J connectivity index is 1.06. The van der Waals surface area contributed by atoms with E-state index in [1.54, 1.807) is 23.5 Å². The number of nitrogens with one attached hydrogen (secondary N) is 2. The van der Waals surface area contributed by atoms with Crippen LogP contribution in [0.1, 0.15) is 102 Å². The van der Waals surface area contributed by atoms with Crippen molar-refractivity contribution in [3.05, 3.63) is 58.2 Å². The molecular formula is C51H66N8O6S. The molecule has 4 aromatic rings. The fraction of sp³-hybridized carbons (Fsp3) is 0.627. The molecular weight excluding hydrogens is 853 g/mol. The number of esters is 1. The first kappa shape index (κ1) is 44.3. The van der Waals surface area contributed by atoms with Crippen LogP contribution in [0.3, 0.4) is 0 Å². The summed E-state index contributed by atoms with van der Waals surface area (Å²) in [6.07, 6.45) is 5.92. The van der Waals surface area contributed by atoms with E-state index in [1.807, 2.05) is 12.3 Å². The second kappa shape index (κ2) is 16.8. The maximum absolute atomic E-state index is 15.2. The fourth-order valence-corrected chi connectivity index (χ4v) is 13.1. The molecule has 3 aromatic heterocycles. The summed E-state index contributed by atoms with van der Waals surface area (Å²) < 4.78 is 20.5. The van der Waals surface area contributed by atoms with Crippen LogP contribution in [0.2, 0.25) is 0 Å². The van der Waals surface area contributed by atoms with E-state index in [9.17, 15) is 9.59 Å². The van der Waals surface area contributed by atoms with Crippen molar-refractivity contribution in [1.29, 1.82) is 0 Å².